The predicted molar refractivity (Wildman–Crippen MR) is 86.8 cm³/mol. The third kappa shape index (κ3) is 3.53. The average Bonchev–Trinajstić information content (AvgIpc) is 3.02. The van der Waals surface area contributed by atoms with Crippen LogP contribution in [0.1, 0.15) is 24.2 Å². The van der Waals surface area contributed by atoms with E-state index in [0.717, 1.165) is 5.56 Å². The van der Waals surface area contributed by atoms with Gasteiger partial charge in [-0.3, -0.25) is 0 Å². The van der Waals surface area contributed by atoms with Crippen LogP contribution in [0.4, 0.5) is 4.39 Å². The molecule has 2 aromatic rings. The predicted octanol–water partition coefficient (Wildman–Crippen LogP) is 2.75. The second-order valence-corrected chi connectivity index (χ2v) is 7.79. The first-order chi connectivity index (χ1) is 11.4. The summed E-state index contributed by atoms with van der Waals surface area (Å²) in [6, 6.07) is 9.27. The second kappa shape index (κ2) is 6.66. The zero-order chi connectivity index (χ0) is 17.2. The van der Waals surface area contributed by atoms with E-state index < -0.39 is 15.4 Å². The smallest absolute Gasteiger partial charge is 0.273 e. The fourth-order valence-electron chi connectivity index (χ4n) is 2.99. The van der Waals surface area contributed by atoms with E-state index in [-0.39, 0.29) is 17.5 Å². The molecule has 3 rings (SSSR count). The number of hydrogen-bond acceptors (Lipinski definition) is 4. The molecule has 0 bridgehead atoms. The quantitative estimate of drug-likeness (QED) is 0.897. The first-order valence-corrected chi connectivity index (χ1v) is 9.30. The van der Waals surface area contributed by atoms with Crippen LogP contribution in [0.25, 0.3) is 0 Å². The van der Waals surface area contributed by atoms with Crippen LogP contribution in [0.15, 0.2) is 45.9 Å². The summed E-state index contributed by atoms with van der Waals surface area (Å²) in [5.41, 5.74) is 0.492. The van der Waals surface area contributed by atoms with Gasteiger partial charge in [0.25, 0.3) is 10.0 Å². The Bertz CT molecular complexity index is 792. The lowest BCUT2D eigenvalue weighted by Gasteiger charge is -2.37. The van der Waals surface area contributed by atoms with E-state index in [2.05, 4.69) is 4.72 Å². The van der Waals surface area contributed by atoms with Gasteiger partial charge >= 0.3 is 0 Å². The summed E-state index contributed by atoms with van der Waals surface area (Å²) < 4.78 is 51.3. The topological polar surface area (TPSA) is 68.5 Å². The molecule has 5 nitrogen and oxygen atoms in total. The van der Waals surface area contributed by atoms with E-state index in [4.69, 9.17) is 9.15 Å². The summed E-state index contributed by atoms with van der Waals surface area (Å²) in [5.74, 6) is 0.224. The van der Waals surface area contributed by atoms with E-state index in [9.17, 15) is 12.8 Å². The Balaban J connectivity index is 1.84. The average molecular weight is 353 g/mol. The number of aryl methyl sites for hydroxylation is 1. The van der Waals surface area contributed by atoms with Crippen molar-refractivity contribution in [1.82, 2.24) is 4.72 Å². The molecule has 0 radical (unpaired) electrons. The summed E-state index contributed by atoms with van der Waals surface area (Å²) >= 11 is 0. The summed E-state index contributed by atoms with van der Waals surface area (Å²) in [7, 11) is -3.72. The molecule has 2 heterocycles. The van der Waals surface area contributed by atoms with Crippen molar-refractivity contribution in [1.29, 1.82) is 0 Å². The summed E-state index contributed by atoms with van der Waals surface area (Å²) in [5, 5.41) is -0.0960. The normalized spacial score (nSPS) is 17.8. The number of benzene rings is 1. The zero-order valence-electron chi connectivity index (χ0n) is 13.4. The van der Waals surface area contributed by atoms with Crippen LogP contribution in [-0.2, 0) is 20.2 Å². The Morgan fingerprint density at radius 2 is 1.79 bits per heavy atom. The van der Waals surface area contributed by atoms with Gasteiger partial charge in [-0.05, 0) is 49.6 Å². The molecule has 24 heavy (non-hydrogen) atoms. The third-order valence-corrected chi connectivity index (χ3v) is 5.76. The molecule has 1 N–H and O–H groups in total. The van der Waals surface area contributed by atoms with Crippen LogP contribution in [0.3, 0.4) is 0 Å². The molecule has 0 amide bonds. The molecule has 1 aromatic heterocycles. The Labute approximate surface area is 140 Å². The molecule has 130 valence electrons. The van der Waals surface area contributed by atoms with Crippen molar-refractivity contribution >= 4 is 10.0 Å². The fraction of sp³-hybridized carbons (Fsp3) is 0.412. The molecule has 1 saturated heterocycles. The number of ether oxygens (including phenoxy) is 1. The maximum Gasteiger partial charge on any atom is 0.273 e. The minimum atomic E-state index is -3.72. The van der Waals surface area contributed by atoms with E-state index in [1.807, 2.05) is 0 Å². The molecule has 7 heteroatoms. The highest BCUT2D eigenvalue weighted by Crippen LogP contribution is 2.34. The van der Waals surface area contributed by atoms with Gasteiger partial charge in [0, 0.05) is 25.2 Å². The molecular weight excluding hydrogens is 333 g/mol. The Kier molecular flexibility index (Phi) is 4.76. The molecule has 1 aliphatic rings. The van der Waals surface area contributed by atoms with Gasteiger partial charge in [-0.25, -0.2) is 17.5 Å². The van der Waals surface area contributed by atoms with Crippen LogP contribution < -0.4 is 4.72 Å². The third-order valence-electron chi connectivity index (χ3n) is 4.49. The van der Waals surface area contributed by atoms with Gasteiger partial charge in [-0.15, -0.1) is 0 Å². The summed E-state index contributed by atoms with van der Waals surface area (Å²) in [6.07, 6.45) is 1.33. The van der Waals surface area contributed by atoms with Crippen molar-refractivity contribution in [3.8, 4) is 0 Å². The van der Waals surface area contributed by atoms with Gasteiger partial charge < -0.3 is 9.15 Å². The van der Waals surface area contributed by atoms with Gasteiger partial charge in [0.15, 0.2) is 0 Å². The number of halogens is 1. The standard InChI is InChI=1S/C17H20FNO4S/c1-13-2-7-16(23-13)24(20,21)19-12-17(8-10-22-11-9-17)14-3-5-15(18)6-4-14/h2-7,19H,8-12H2,1H3. The minimum absolute atomic E-state index is 0.0960. The first kappa shape index (κ1) is 17.1. The number of furan rings is 1. The fourth-order valence-corrected chi connectivity index (χ4v) is 4.09. The van der Waals surface area contributed by atoms with Crippen LogP contribution in [0, 0.1) is 12.7 Å². The molecule has 0 saturated carbocycles. The Morgan fingerprint density at radius 3 is 2.38 bits per heavy atom. The molecular formula is C17H20FNO4S. The van der Waals surface area contributed by atoms with Crippen LogP contribution in [0.2, 0.25) is 0 Å². The highest BCUT2D eigenvalue weighted by molar-refractivity contribution is 7.89. The Hall–Kier alpha value is -1.70. The van der Waals surface area contributed by atoms with E-state index in [1.165, 1.54) is 18.2 Å². The van der Waals surface area contributed by atoms with Crippen LogP contribution in [0.5, 0.6) is 0 Å². The van der Waals surface area contributed by atoms with Crippen molar-refractivity contribution < 1.29 is 22.0 Å². The van der Waals surface area contributed by atoms with Crippen molar-refractivity contribution in [2.75, 3.05) is 19.8 Å². The van der Waals surface area contributed by atoms with Crippen molar-refractivity contribution in [2.45, 2.75) is 30.3 Å². The van der Waals surface area contributed by atoms with Gasteiger partial charge in [0.05, 0.1) is 0 Å². The monoisotopic (exact) mass is 353 g/mol. The second-order valence-electron chi connectivity index (χ2n) is 6.09. The highest BCUT2D eigenvalue weighted by Gasteiger charge is 2.36. The van der Waals surface area contributed by atoms with Gasteiger partial charge in [-0.2, -0.15) is 0 Å². The molecule has 1 aliphatic heterocycles. The maximum absolute atomic E-state index is 13.2. The number of sulfonamides is 1. The van der Waals surface area contributed by atoms with E-state index in [1.54, 1.807) is 25.1 Å². The van der Waals surface area contributed by atoms with Crippen LogP contribution in [-0.4, -0.2) is 28.2 Å². The van der Waals surface area contributed by atoms with Crippen molar-refractivity contribution in [3.63, 3.8) is 0 Å². The largest absolute Gasteiger partial charge is 0.449 e. The SMILES string of the molecule is Cc1ccc(S(=O)(=O)NCC2(c3ccc(F)cc3)CCOCC2)o1. The summed E-state index contributed by atoms with van der Waals surface area (Å²) in [6.45, 7) is 2.99. The number of hydrogen-bond donors (Lipinski definition) is 1. The highest BCUT2D eigenvalue weighted by atomic mass is 32.2. The molecule has 1 fully saturated rings. The van der Waals surface area contributed by atoms with Crippen molar-refractivity contribution in [3.05, 3.63) is 53.5 Å². The van der Waals surface area contributed by atoms with Gasteiger partial charge in [-0.1, -0.05) is 12.1 Å². The van der Waals surface area contributed by atoms with E-state index >= 15 is 0 Å². The number of rotatable bonds is 5. The molecule has 0 unspecified atom stereocenters. The van der Waals surface area contributed by atoms with Crippen LogP contribution >= 0.6 is 0 Å². The van der Waals surface area contributed by atoms with Gasteiger partial charge in [0.1, 0.15) is 11.6 Å². The number of nitrogens with one attached hydrogen (secondary N) is 1. The van der Waals surface area contributed by atoms with E-state index in [0.29, 0.717) is 31.8 Å². The Morgan fingerprint density at radius 1 is 1.12 bits per heavy atom. The zero-order valence-corrected chi connectivity index (χ0v) is 14.2. The first-order valence-electron chi connectivity index (χ1n) is 7.81. The lowest BCUT2D eigenvalue weighted by molar-refractivity contribution is 0.0516. The van der Waals surface area contributed by atoms with Crippen molar-refractivity contribution in [2.24, 2.45) is 0 Å². The lowest BCUT2D eigenvalue weighted by Crippen LogP contribution is -2.44. The lowest BCUT2D eigenvalue weighted by atomic mass is 9.74. The van der Waals surface area contributed by atoms with Gasteiger partial charge in [0.2, 0.25) is 5.09 Å². The molecule has 0 spiro atoms. The molecule has 0 aliphatic carbocycles. The molecule has 1 aromatic carbocycles. The molecule has 0 atom stereocenters. The maximum atomic E-state index is 13.2. The minimum Gasteiger partial charge on any atom is -0.449 e. The summed E-state index contributed by atoms with van der Waals surface area (Å²) in [4.78, 5) is 0.